The second-order valence-corrected chi connectivity index (χ2v) is 5.63. The van der Waals surface area contributed by atoms with Gasteiger partial charge in [-0.05, 0) is 29.8 Å². The van der Waals surface area contributed by atoms with E-state index in [1.54, 1.807) is 36.4 Å². The van der Waals surface area contributed by atoms with Crippen LogP contribution in [-0.4, -0.2) is 22.8 Å². The third-order valence-electron chi connectivity index (χ3n) is 3.82. The number of ether oxygens (including phenoxy) is 2. The summed E-state index contributed by atoms with van der Waals surface area (Å²) in [6.45, 7) is 0.247. The Kier molecular flexibility index (Phi) is 4.22. The Bertz CT molecular complexity index is 957. The Hall–Kier alpha value is -3.42. The van der Waals surface area contributed by atoms with Crippen molar-refractivity contribution in [1.29, 1.82) is 0 Å². The van der Waals surface area contributed by atoms with Crippen LogP contribution in [0.3, 0.4) is 0 Å². The van der Waals surface area contributed by atoms with Crippen LogP contribution < -0.4 is 14.8 Å². The fourth-order valence-corrected chi connectivity index (χ4v) is 2.55. The van der Waals surface area contributed by atoms with Gasteiger partial charge in [0, 0.05) is 0 Å². The minimum absolute atomic E-state index is 0.0604. The molecule has 0 saturated heterocycles. The fourth-order valence-electron chi connectivity index (χ4n) is 2.55. The molecule has 0 atom stereocenters. The minimum Gasteiger partial charge on any atom is -0.454 e. The molecule has 0 radical (unpaired) electrons. The summed E-state index contributed by atoms with van der Waals surface area (Å²) < 4.78 is 29.3. The number of carbonyl (C=O) groups is 1. The Morgan fingerprint density at radius 2 is 2.00 bits per heavy atom. The van der Waals surface area contributed by atoms with Gasteiger partial charge in [0.25, 0.3) is 0 Å². The fraction of sp³-hybridized carbons (Fsp3) is 0.167. The van der Waals surface area contributed by atoms with Crippen LogP contribution >= 0.6 is 0 Å². The molecule has 1 aliphatic rings. The van der Waals surface area contributed by atoms with E-state index in [0.29, 0.717) is 11.5 Å². The van der Waals surface area contributed by atoms with Gasteiger partial charge in [-0.25, -0.2) is 4.39 Å². The first kappa shape index (κ1) is 16.1. The summed E-state index contributed by atoms with van der Waals surface area (Å²) >= 11 is 0. The molecule has 4 rings (SSSR count). The van der Waals surface area contributed by atoms with Crippen molar-refractivity contribution in [2.45, 2.75) is 13.0 Å². The lowest BCUT2D eigenvalue weighted by atomic mass is 10.1. The van der Waals surface area contributed by atoms with Crippen LogP contribution in [0.5, 0.6) is 11.5 Å². The highest BCUT2D eigenvalue weighted by Crippen LogP contribution is 2.32. The van der Waals surface area contributed by atoms with E-state index in [1.165, 1.54) is 6.07 Å². The molecule has 0 bridgehead atoms. The first-order chi connectivity index (χ1) is 12.7. The van der Waals surface area contributed by atoms with E-state index in [0.717, 1.165) is 5.56 Å². The number of carbonyl (C=O) groups excluding carboxylic acids is 1. The number of fused-ring (bicyclic) bond motifs is 1. The van der Waals surface area contributed by atoms with Crippen LogP contribution in [-0.2, 0) is 17.8 Å². The van der Waals surface area contributed by atoms with Crippen LogP contribution in [0.4, 0.5) is 4.39 Å². The first-order valence-electron chi connectivity index (χ1n) is 7.92. The van der Waals surface area contributed by atoms with Gasteiger partial charge in [0.15, 0.2) is 11.5 Å². The number of aromatic nitrogens is 2. The first-order valence-corrected chi connectivity index (χ1v) is 7.92. The molecule has 2 aromatic carbocycles. The zero-order valence-electron chi connectivity index (χ0n) is 13.6. The molecule has 0 aliphatic carbocycles. The Labute approximate surface area is 147 Å². The molecule has 1 amide bonds. The summed E-state index contributed by atoms with van der Waals surface area (Å²) in [7, 11) is 0. The van der Waals surface area contributed by atoms with E-state index in [2.05, 4.69) is 15.5 Å². The lowest BCUT2D eigenvalue weighted by molar-refractivity contribution is -0.120. The van der Waals surface area contributed by atoms with Crippen molar-refractivity contribution in [2.75, 3.05) is 6.79 Å². The van der Waals surface area contributed by atoms with Gasteiger partial charge in [0.05, 0.1) is 18.5 Å². The lowest BCUT2D eigenvalue weighted by Gasteiger charge is -2.04. The molecule has 3 aromatic rings. The van der Waals surface area contributed by atoms with Gasteiger partial charge in [-0.2, -0.15) is 4.98 Å². The van der Waals surface area contributed by atoms with Gasteiger partial charge in [-0.3, -0.25) is 4.79 Å². The average Bonchev–Trinajstić information content (AvgIpc) is 3.29. The monoisotopic (exact) mass is 355 g/mol. The predicted molar refractivity (Wildman–Crippen MR) is 87.8 cm³/mol. The molecular weight excluding hydrogens is 341 g/mol. The molecule has 0 saturated carbocycles. The van der Waals surface area contributed by atoms with E-state index >= 15 is 0 Å². The van der Waals surface area contributed by atoms with Gasteiger partial charge >= 0.3 is 0 Å². The maximum atomic E-state index is 13.7. The SMILES string of the molecule is O=C(Cc1ccc2c(c1)OCO2)NCc1nc(-c2ccccc2F)no1. The topological polar surface area (TPSA) is 86.5 Å². The number of nitrogens with one attached hydrogen (secondary N) is 1. The zero-order chi connectivity index (χ0) is 17.9. The Morgan fingerprint density at radius 1 is 1.15 bits per heavy atom. The quantitative estimate of drug-likeness (QED) is 0.757. The number of rotatable bonds is 5. The van der Waals surface area contributed by atoms with E-state index in [4.69, 9.17) is 14.0 Å². The largest absolute Gasteiger partial charge is 0.454 e. The third-order valence-corrected chi connectivity index (χ3v) is 3.82. The molecule has 1 N–H and O–H groups in total. The molecule has 7 nitrogen and oxygen atoms in total. The van der Waals surface area contributed by atoms with E-state index in [1.807, 2.05) is 0 Å². The van der Waals surface area contributed by atoms with Crippen LogP contribution in [0.1, 0.15) is 11.5 Å². The van der Waals surface area contributed by atoms with Crippen molar-refractivity contribution in [3.05, 3.63) is 59.7 Å². The molecule has 132 valence electrons. The number of nitrogens with zero attached hydrogens (tertiary/aromatic N) is 2. The normalized spacial score (nSPS) is 12.2. The number of hydrogen-bond donors (Lipinski definition) is 1. The molecule has 1 aliphatic heterocycles. The van der Waals surface area contributed by atoms with Gasteiger partial charge in [0.1, 0.15) is 5.82 Å². The van der Waals surface area contributed by atoms with Gasteiger partial charge < -0.3 is 19.3 Å². The van der Waals surface area contributed by atoms with Crippen LogP contribution in [0.15, 0.2) is 47.0 Å². The van der Waals surface area contributed by atoms with Gasteiger partial charge in [-0.1, -0.05) is 23.4 Å². The third kappa shape index (κ3) is 3.34. The van der Waals surface area contributed by atoms with Gasteiger partial charge in [-0.15, -0.1) is 0 Å². The van der Waals surface area contributed by atoms with Crippen molar-refractivity contribution < 1.29 is 23.2 Å². The van der Waals surface area contributed by atoms with E-state index < -0.39 is 5.82 Å². The van der Waals surface area contributed by atoms with Crippen LogP contribution in [0.2, 0.25) is 0 Å². The summed E-state index contributed by atoms with van der Waals surface area (Å²) in [6, 6.07) is 11.5. The maximum Gasteiger partial charge on any atom is 0.246 e. The highest BCUT2D eigenvalue weighted by atomic mass is 19.1. The zero-order valence-corrected chi connectivity index (χ0v) is 13.6. The molecule has 8 heteroatoms. The standard InChI is InChI=1S/C18H14FN3O4/c19-13-4-2-1-3-12(13)18-21-17(26-22-18)9-20-16(23)8-11-5-6-14-15(7-11)25-10-24-14/h1-7H,8-10H2,(H,20,23). The summed E-state index contributed by atoms with van der Waals surface area (Å²) in [6.07, 6.45) is 0.172. The van der Waals surface area contributed by atoms with Crippen molar-refractivity contribution >= 4 is 5.91 Å². The predicted octanol–water partition coefficient (Wildman–Crippen LogP) is 2.46. The Morgan fingerprint density at radius 3 is 2.88 bits per heavy atom. The summed E-state index contributed by atoms with van der Waals surface area (Å²) in [5, 5.41) is 6.43. The molecule has 0 spiro atoms. The van der Waals surface area contributed by atoms with E-state index in [-0.39, 0.29) is 42.9 Å². The van der Waals surface area contributed by atoms with Crippen molar-refractivity contribution in [1.82, 2.24) is 15.5 Å². The Balaban J connectivity index is 1.36. The molecular formula is C18H14FN3O4. The molecule has 0 fully saturated rings. The second kappa shape index (κ2) is 6.83. The van der Waals surface area contributed by atoms with Crippen LogP contribution in [0.25, 0.3) is 11.4 Å². The van der Waals surface area contributed by atoms with Crippen molar-refractivity contribution in [3.8, 4) is 22.9 Å². The summed E-state index contributed by atoms with van der Waals surface area (Å²) in [4.78, 5) is 16.2. The highest BCUT2D eigenvalue weighted by molar-refractivity contribution is 5.78. The average molecular weight is 355 g/mol. The molecule has 2 heterocycles. The highest BCUT2D eigenvalue weighted by Gasteiger charge is 2.16. The van der Waals surface area contributed by atoms with Crippen LogP contribution in [0, 0.1) is 5.82 Å². The number of hydrogen-bond acceptors (Lipinski definition) is 6. The summed E-state index contributed by atoms with van der Waals surface area (Å²) in [5.74, 6) is 0.981. The molecule has 0 unspecified atom stereocenters. The number of amides is 1. The molecule has 26 heavy (non-hydrogen) atoms. The number of halogens is 1. The van der Waals surface area contributed by atoms with Crippen molar-refractivity contribution in [2.24, 2.45) is 0 Å². The maximum absolute atomic E-state index is 13.7. The van der Waals surface area contributed by atoms with E-state index in [9.17, 15) is 9.18 Å². The van der Waals surface area contributed by atoms with Crippen molar-refractivity contribution in [3.63, 3.8) is 0 Å². The molecule has 1 aromatic heterocycles. The smallest absolute Gasteiger partial charge is 0.246 e. The second-order valence-electron chi connectivity index (χ2n) is 5.63. The lowest BCUT2D eigenvalue weighted by Crippen LogP contribution is -2.24. The van der Waals surface area contributed by atoms with Gasteiger partial charge in [0.2, 0.25) is 24.4 Å². The number of benzene rings is 2. The minimum atomic E-state index is -0.438. The summed E-state index contributed by atoms with van der Waals surface area (Å²) in [5.41, 5.74) is 1.04.